The maximum atomic E-state index is 5.92. The Hall–Kier alpha value is -1.42. The number of nitrogens with zero attached hydrogens (tertiary/aromatic N) is 4. The first-order valence-corrected chi connectivity index (χ1v) is 5.65. The number of rotatable bonds is 2. The minimum absolute atomic E-state index is 0.311. The van der Waals surface area contributed by atoms with Crippen LogP contribution in [0.25, 0.3) is 5.82 Å². The van der Waals surface area contributed by atoms with Crippen LogP contribution in [0.15, 0.2) is 18.6 Å². The number of hydrogen-bond acceptors (Lipinski definition) is 3. The van der Waals surface area contributed by atoms with Crippen LogP contribution in [0, 0.1) is 6.92 Å². The molecule has 1 aliphatic rings. The highest BCUT2D eigenvalue weighted by Crippen LogP contribution is 2.39. The molecule has 2 heterocycles. The quantitative estimate of drug-likeness (QED) is 0.750. The summed E-state index contributed by atoms with van der Waals surface area (Å²) in [4.78, 5) is 12.6. The van der Waals surface area contributed by atoms with Gasteiger partial charge in [-0.25, -0.2) is 9.97 Å². The van der Waals surface area contributed by atoms with E-state index in [0.717, 1.165) is 17.2 Å². The lowest BCUT2D eigenvalue weighted by molar-refractivity contribution is 0.922. The molecule has 16 heavy (non-hydrogen) atoms. The maximum absolute atomic E-state index is 5.92. The summed E-state index contributed by atoms with van der Waals surface area (Å²) in [6.45, 7) is 1.95. The molecule has 2 aromatic heterocycles. The summed E-state index contributed by atoms with van der Waals surface area (Å²) in [6, 6.07) is 1.99. The Morgan fingerprint density at radius 2 is 2.19 bits per heavy atom. The number of aromatic nitrogens is 4. The van der Waals surface area contributed by atoms with Crippen molar-refractivity contribution in [3.63, 3.8) is 0 Å². The van der Waals surface area contributed by atoms with E-state index in [-0.39, 0.29) is 0 Å². The third-order valence-electron chi connectivity index (χ3n) is 2.68. The first kappa shape index (κ1) is 9.78. The van der Waals surface area contributed by atoms with Crippen LogP contribution in [-0.4, -0.2) is 19.5 Å². The second-order valence-corrected chi connectivity index (χ2v) is 4.45. The smallest absolute Gasteiger partial charge is 0.224 e. The van der Waals surface area contributed by atoms with Crippen molar-refractivity contribution in [1.29, 1.82) is 0 Å². The zero-order valence-electron chi connectivity index (χ0n) is 8.89. The summed E-state index contributed by atoms with van der Waals surface area (Å²) < 4.78 is 1.87. The maximum Gasteiger partial charge on any atom is 0.224 e. The summed E-state index contributed by atoms with van der Waals surface area (Å²) in [6.07, 6.45) is 6.07. The third kappa shape index (κ3) is 1.80. The van der Waals surface area contributed by atoms with Crippen LogP contribution in [0.1, 0.15) is 30.1 Å². The van der Waals surface area contributed by atoms with Crippen molar-refractivity contribution in [3.8, 4) is 5.82 Å². The predicted molar refractivity (Wildman–Crippen MR) is 60.9 cm³/mol. The molecule has 1 saturated carbocycles. The van der Waals surface area contributed by atoms with Gasteiger partial charge in [0.15, 0.2) is 0 Å². The molecule has 0 bridgehead atoms. The summed E-state index contributed by atoms with van der Waals surface area (Å²) in [7, 11) is 0. The molecule has 0 spiro atoms. The Balaban J connectivity index is 2.06. The molecule has 0 aliphatic heterocycles. The van der Waals surface area contributed by atoms with Gasteiger partial charge in [-0.05, 0) is 31.4 Å². The monoisotopic (exact) mass is 234 g/mol. The van der Waals surface area contributed by atoms with E-state index in [1.807, 2.05) is 23.8 Å². The Labute approximate surface area is 98.3 Å². The van der Waals surface area contributed by atoms with Crippen molar-refractivity contribution in [2.45, 2.75) is 25.7 Å². The van der Waals surface area contributed by atoms with E-state index in [2.05, 4.69) is 15.0 Å². The second kappa shape index (κ2) is 3.56. The van der Waals surface area contributed by atoms with Gasteiger partial charge >= 0.3 is 0 Å². The minimum Gasteiger partial charge on any atom is -0.290 e. The van der Waals surface area contributed by atoms with Crippen molar-refractivity contribution in [3.05, 3.63) is 35.3 Å². The Morgan fingerprint density at radius 1 is 1.38 bits per heavy atom. The molecule has 0 unspecified atom stereocenters. The van der Waals surface area contributed by atoms with Gasteiger partial charge in [0.25, 0.3) is 0 Å². The van der Waals surface area contributed by atoms with Gasteiger partial charge in [-0.1, -0.05) is 0 Å². The zero-order valence-corrected chi connectivity index (χ0v) is 9.65. The Bertz CT molecular complexity index is 531. The largest absolute Gasteiger partial charge is 0.290 e. The number of aryl methyl sites for hydroxylation is 1. The summed E-state index contributed by atoms with van der Waals surface area (Å²) in [5.74, 6) is 1.37. The lowest BCUT2D eigenvalue weighted by atomic mass is 10.3. The molecule has 0 saturated heterocycles. The molecule has 0 atom stereocenters. The summed E-state index contributed by atoms with van der Waals surface area (Å²) in [5, 5.41) is 0.311. The molecule has 82 valence electrons. The van der Waals surface area contributed by atoms with Gasteiger partial charge in [-0.3, -0.25) is 4.57 Å². The van der Waals surface area contributed by atoms with Gasteiger partial charge in [-0.2, -0.15) is 4.98 Å². The van der Waals surface area contributed by atoms with Gasteiger partial charge in [-0.15, -0.1) is 0 Å². The average Bonchev–Trinajstić information content (AvgIpc) is 3.01. The van der Waals surface area contributed by atoms with E-state index >= 15 is 0 Å². The van der Waals surface area contributed by atoms with Crippen molar-refractivity contribution in [2.75, 3.05) is 0 Å². The fraction of sp³-hybridized carbons (Fsp3) is 0.364. The van der Waals surface area contributed by atoms with Crippen LogP contribution in [0.3, 0.4) is 0 Å². The number of hydrogen-bond donors (Lipinski definition) is 0. The van der Waals surface area contributed by atoms with Crippen LogP contribution < -0.4 is 0 Å². The van der Waals surface area contributed by atoms with E-state index in [0.29, 0.717) is 11.2 Å². The Kier molecular flexibility index (Phi) is 2.17. The molecule has 0 radical (unpaired) electrons. The normalized spacial score (nSPS) is 15.4. The van der Waals surface area contributed by atoms with Gasteiger partial charge in [0.1, 0.15) is 12.1 Å². The van der Waals surface area contributed by atoms with Crippen molar-refractivity contribution < 1.29 is 0 Å². The first-order chi connectivity index (χ1) is 7.72. The standard InChI is InChI=1S/C11H11ClN4/c1-7-5-16(6-13-7)10-4-9(8-2-3-8)14-11(12)15-10/h4-6,8H,2-3H2,1H3. The Morgan fingerprint density at radius 3 is 2.81 bits per heavy atom. The molecule has 5 heteroatoms. The fourth-order valence-electron chi connectivity index (χ4n) is 1.69. The highest BCUT2D eigenvalue weighted by Gasteiger charge is 2.26. The lowest BCUT2D eigenvalue weighted by Crippen LogP contribution is -1.99. The van der Waals surface area contributed by atoms with Gasteiger partial charge in [0.2, 0.25) is 5.28 Å². The van der Waals surface area contributed by atoms with E-state index in [4.69, 9.17) is 11.6 Å². The van der Waals surface area contributed by atoms with E-state index in [1.165, 1.54) is 12.8 Å². The van der Waals surface area contributed by atoms with Crippen LogP contribution in [0.5, 0.6) is 0 Å². The summed E-state index contributed by atoms with van der Waals surface area (Å²) >= 11 is 5.92. The molecule has 0 amide bonds. The number of halogens is 1. The van der Waals surface area contributed by atoms with Crippen molar-refractivity contribution in [2.24, 2.45) is 0 Å². The predicted octanol–water partition coefficient (Wildman–Crippen LogP) is 2.50. The summed E-state index contributed by atoms with van der Waals surface area (Å²) in [5.41, 5.74) is 2.00. The molecule has 3 rings (SSSR count). The van der Waals surface area contributed by atoms with Crippen LogP contribution in [-0.2, 0) is 0 Å². The molecular formula is C11H11ClN4. The minimum atomic E-state index is 0.311. The molecule has 1 aliphatic carbocycles. The van der Waals surface area contributed by atoms with Crippen molar-refractivity contribution in [1.82, 2.24) is 19.5 Å². The molecule has 0 N–H and O–H groups in total. The number of imidazole rings is 1. The van der Waals surface area contributed by atoms with Crippen molar-refractivity contribution >= 4 is 11.6 Å². The zero-order chi connectivity index (χ0) is 11.1. The second-order valence-electron chi connectivity index (χ2n) is 4.12. The molecule has 2 aromatic rings. The topological polar surface area (TPSA) is 43.6 Å². The molecule has 0 aromatic carbocycles. The van der Waals surface area contributed by atoms with E-state index in [1.54, 1.807) is 6.33 Å². The van der Waals surface area contributed by atoms with Gasteiger partial charge < -0.3 is 0 Å². The van der Waals surface area contributed by atoms with Gasteiger partial charge in [0, 0.05) is 18.2 Å². The highest BCUT2D eigenvalue weighted by atomic mass is 35.5. The van der Waals surface area contributed by atoms with Crippen LogP contribution in [0.4, 0.5) is 0 Å². The van der Waals surface area contributed by atoms with Gasteiger partial charge in [0.05, 0.1) is 11.4 Å². The first-order valence-electron chi connectivity index (χ1n) is 5.28. The lowest BCUT2D eigenvalue weighted by Gasteiger charge is -2.04. The molecule has 4 nitrogen and oxygen atoms in total. The fourth-order valence-corrected chi connectivity index (χ4v) is 1.87. The average molecular weight is 235 g/mol. The SMILES string of the molecule is Cc1cn(-c2cc(C3CC3)nc(Cl)n2)cn1. The highest BCUT2D eigenvalue weighted by molar-refractivity contribution is 6.28. The third-order valence-corrected chi connectivity index (χ3v) is 2.85. The molecular weight excluding hydrogens is 224 g/mol. The van der Waals surface area contributed by atoms with Crippen LogP contribution in [0.2, 0.25) is 5.28 Å². The van der Waals surface area contributed by atoms with Crippen LogP contribution >= 0.6 is 11.6 Å². The molecule has 1 fully saturated rings. The van der Waals surface area contributed by atoms with E-state index < -0.39 is 0 Å². The van der Waals surface area contributed by atoms with E-state index in [9.17, 15) is 0 Å².